The zero-order chi connectivity index (χ0) is 32.9. The lowest BCUT2D eigenvalue weighted by atomic mass is 9.97. The molecule has 3 aromatic rings. The number of aromatic nitrogens is 4. The maximum Gasteiger partial charge on any atom is 0.573 e. The van der Waals surface area contributed by atoms with Gasteiger partial charge in [0.25, 0.3) is 0 Å². The first-order chi connectivity index (χ1) is 20.3. The van der Waals surface area contributed by atoms with Gasteiger partial charge in [0.15, 0.2) is 18.8 Å². The summed E-state index contributed by atoms with van der Waals surface area (Å²) >= 11 is 0. The smallest absolute Gasteiger partial charge is 0.465 e. The van der Waals surface area contributed by atoms with Crippen molar-refractivity contribution in [1.29, 1.82) is 0 Å². The lowest BCUT2D eigenvalue weighted by molar-refractivity contribution is -0.274. The van der Waals surface area contributed by atoms with Gasteiger partial charge in [0, 0.05) is 6.16 Å². The van der Waals surface area contributed by atoms with E-state index in [4.69, 9.17) is 15.2 Å². The number of carbonyl (C=O) groups is 1. The molecule has 1 unspecified atom stereocenters. The summed E-state index contributed by atoms with van der Waals surface area (Å²) in [7, 11) is -4.26. The number of rotatable bonds is 14. The second-order valence-electron chi connectivity index (χ2n) is 10.7. The van der Waals surface area contributed by atoms with Gasteiger partial charge in [0.1, 0.15) is 30.0 Å². The van der Waals surface area contributed by atoms with E-state index in [9.17, 15) is 35.7 Å². The molecule has 0 aliphatic rings. The van der Waals surface area contributed by atoms with Crippen molar-refractivity contribution in [3.63, 3.8) is 0 Å². The van der Waals surface area contributed by atoms with Crippen molar-refractivity contribution in [1.82, 2.24) is 24.6 Å². The SMILES string of the molecule is CCCOC(=O)C(C)(C)CP(=O)(CO[C@H](C)Cn1cnc2c(N)ncnc21)N[C@H](c1ccc(OC(F)(F)F)cc1)C(F)(F)F. The third-order valence-corrected chi connectivity index (χ3v) is 8.83. The minimum Gasteiger partial charge on any atom is -0.465 e. The number of hydrogen-bond donors (Lipinski definition) is 2. The zero-order valence-corrected chi connectivity index (χ0v) is 25.2. The number of anilines is 1. The number of halogens is 6. The summed E-state index contributed by atoms with van der Waals surface area (Å²) in [5, 5.41) is 2.15. The van der Waals surface area contributed by atoms with Crippen molar-refractivity contribution in [2.45, 2.75) is 65.3 Å². The number of ether oxygens (including phenoxy) is 3. The molecular formula is C26H33F6N6O5P. The quantitative estimate of drug-likeness (QED) is 0.124. The molecule has 0 radical (unpaired) electrons. The Hall–Kier alpha value is -3.43. The topological polar surface area (TPSA) is 143 Å². The monoisotopic (exact) mass is 654 g/mol. The molecule has 0 amide bonds. The molecular weight excluding hydrogens is 621 g/mol. The van der Waals surface area contributed by atoms with Gasteiger partial charge in [-0.25, -0.2) is 20.0 Å². The largest absolute Gasteiger partial charge is 0.573 e. The molecule has 1 aromatic carbocycles. The summed E-state index contributed by atoms with van der Waals surface area (Å²) < 4.78 is 111. The Bertz CT molecular complexity index is 1460. The van der Waals surface area contributed by atoms with Crippen molar-refractivity contribution < 1.29 is 49.9 Å². The number of nitrogen functional groups attached to an aromatic ring is 1. The molecule has 0 fully saturated rings. The second-order valence-corrected chi connectivity index (χ2v) is 13.3. The Morgan fingerprint density at radius 3 is 2.34 bits per heavy atom. The number of fused-ring (bicyclic) bond motifs is 1. The first-order valence-electron chi connectivity index (χ1n) is 13.3. The first kappa shape index (κ1) is 35.1. The third kappa shape index (κ3) is 9.53. The normalized spacial score (nSPS) is 15.5. The summed E-state index contributed by atoms with van der Waals surface area (Å²) in [5.41, 5.74) is 4.48. The number of alkyl halides is 6. The molecule has 44 heavy (non-hydrogen) atoms. The van der Waals surface area contributed by atoms with Gasteiger partial charge >= 0.3 is 18.5 Å². The lowest BCUT2D eigenvalue weighted by Gasteiger charge is -2.33. The number of benzene rings is 1. The van der Waals surface area contributed by atoms with Gasteiger partial charge < -0.3 is 29.1 Å². The fraction of sp³-hybridized carbons (Fsp3) is 0.538. The molecule has 2 aromatic heterocycles. The predicted molar refractivity (Wildman–Crippen MR) is 148 cm³/mol. The molecule has 3 N–H and O–H groups in total. The summed E-state index contributed by atoms with van der Waals surface area (Å²) in [6, 6.07) is 0.387. The molecule has 18 heteroatoms. The Morgan fingerprint density at radius 2 is 1.75 bits per heavy atom. The fourth-order valence-electron chi connectivity index (χ4n) is 4.27. The van der Waals surface area contributed by atoms with Gasteiger partial charge in [0.05, 0.1) is 31.0 Å². The maximum atomic E-state index is 14.3. The predicted octanol–water partition coefficient (Wildman–Crippen LogP) is 5.82. The van der Waals surface area contributed by atoms with Crippen LogP contribution in [0.25, 0.3) is 11.2 Å². The van der Waals surface area contributed by atoms with Crippen LogP contribution in [0.15, 0.2) is 36.9 Å². The van der Waals surface area contributed by atoms with E-state index in [2.05, 4.69) is 24.8 Å². The number of nitrogens with zero attached hydrogens (tertiary/aromatic N) is 4. The highest BCUT2D eigenvalue weighted by Crippen LogP contribution is 2.51. The standard InChI is InChI=1S/C26H33F6N6O5P/c1-5-10-41-23(39)24(3,4)12-44(40,15-42-16(2)11-38-14-36-19-21(33)34-13-35-22(19)38)37-20(25(27,28)29)17-6-8-18(9-7-17)43-26(30,31)32/h6-9,13-14,16,20H,5,10-12,15H2,1-4H3,(H,37,40)(H2,33,34,35)/t16-,20-,44?/m1/s1. The molecule has 2 heterocycles. The minimum absolute atomic E-state index is 0.0536. The molecule has 0 aliphatic heterocycles. The molecule has 244 valence electrons. The lowest BCUT2D eigenvalue weighted by Crippen LogP contribution is -2.38. The van der Waals surface area contributed by atoms with Gasteiger partial charge in [-0.15, -0.1) is 13.2 Å². The molecule has 0 spiro atoms. The summed E-state index contributed by atoms with van der Waals surface area (Å²) in [6.45, 7) is 6.26. The summed E-state index contributed by atoms with van der Waals surface area (Å²) in [6.07, 6.45) is -9.01. The van der Waals surface area contributed by atoms with Gasteiger partial charge in [-0.1, -0.05) is 19.1 Å². The Kier molecular flexibility index (Phi) is 10.9. The minimum atomic E-state index is -5.05. The van der Waals surface area contributed by atoms with E-state index >= 15 is 0 Å². The third-order valence-electron chi connectivity index (χ3n) is 6.23. The van der Waals surface area contributed by atoms with E-state index < -0.39 is 67.2 Å². The summed E-state index contributed by atoms with van der Waals surface area (Å²) in [4.78, 5) is 24.9. The number of nitrogens with one attached hydrogen (secondary N) is 1. The van der Waals surface area contributed by atoms with Crippen LogP contribution in [0.1, 0.15) is 45.7 Å². The molecule has 0 aliphatic carbocycles. The molecule has 3 rings (SSSR count). The Labute approximate surface area is 248 Å². The first-order valence-corrected chi connectivity index (χ1v) is 15.4. The van der Waals surface area contributed by atoms with Crippen molar-refractivity contribution >= 4 is 30.2 Å². The fourth-order valence-corrected chi connectivity index (χ4v) is 7.19. The van der Waals surface area contributed by atoms with E-state index in [0.717, 1.165) is 12.1 Å². The average Bonchev–Trinajstić information content (AvgIpc) is 3.32. The number of esters is 1. The van der Waals surface area contributed by atoms with E-state index in [-0.39, 0.29) is 19.0 Å². The highest BCUT2D eigenvalue weighted by molar-refractivity contribution is 7.61. The van der Waals surface area contributed by atoms with Crippen LogP contribution < -0.4 is 15.6 Å². The number of hydrogen-bond acceptors (Lipinski definition) is 9. The average molecular weight is 655 g/mol. The van der Waals surface area contributed by atoms with Crippen LogP contribution in [0.5, 0.6) is 5.75 Å². The Balaban J connectivity index is 1.88. The van der Waals surface area contributed by atoms with Gasteiger partial charge in [-0.3, -0.25) is 4.79 Å². The number of carbonyl (C=O) groups excluding carboxylic acids is 1. The van der Waals surface area contributed by atoms with Gasteiger partial charge in [0.2, 0.25) is 0 Å². The molecule has 0 bridgehead atoms. The number of imidazole rings is 1. The van der Waals surface area contributed by atoms with Crippen LogP contribution >= 0.6 is 7.29 Å². The van der Waals surface area contributed by atoms with Crippen LogP contribution in [-0.2, 0) is 25.4 Å². The van der Waals surface area contributed by atoms with E-state index in [0.29, 0.717) is 29.7 Å². The van der Waals surface area contributed by atoms with E-state index in [1.165, 1.54) is 26.5 Å². The van der Waals surface area contributed by atoms with E-state index in [1.807, 2.05) is 0 Å². The van der Waals surface area contributed by atoms with Crippen LogP contribution in [0.2, 0.25) is 0 Å². The summed E-state index contributed by atoms with van der Waals surface area (Å²) in [5.74, 6) is -1.36. The molecule has 3 atom stereocenters. The molecule has 0 saturated heterocycles. The molecule has 11 nitrogen and oxygen atoms in total. The Morgan fingerprint density at radius 1 is 1.09 bits per heavy atom. The molecule has 0 saturated carbocycles. The second kappa shape index (κ2) is 13.7. The zero-order valence-electron chi connectivity index (χ0n) is 24.3. The van der Waals surface area contributed by atoms with Crippen LogP contribution in [0, 0.1) is 5.41 Å². The van der Waals surface area contributed by atoms with Crippen LogP contribution in [-0.4, -0.2) is 63.2 Å². The number of nitrogens with two attached hydrogens (primary N) is 1. The highest BCUT2D eigenvalue weighted by Gasteiger charge is 2.47. The van der Waals surface area contributed by atoms with Gasteiger partial charge in [-0.05, 0) is 44.9 Å². The van der Waals surface area contributed by atoms with Crippen LogP contribution in [0.3, 0.4) is 0 Å². The van der Waals surface area contributed by atoms with Gasteiger partial charge in [-0.2, -0.15) is 13.2 Å². The highest BCUT2D eigenvalue weighted by atomic mass is 31.2. The van der Waals surface area contributed by atoms with Crippen molar-refractivity contribution in [3.05, 3.63) is 42.5 Å². The van der Waals surface area contributed by atoms with Crippen molar-refractivity contribution in [3.8, 4) is 5.75 Å². The van der Waals surface area contributed by atoms with Crippen LogP contribution in [0.4, 0.5) is 32.2 Å². The van der Waals surface area contributed by atoms with E-state index in [1.54, 1.807) is 18.4 Å². The maximum absolute atomic E-state index is 14.3. The van der Waals surface area contributed by atoms with Crippen molar-refractivity contribution in [2.24, 2.45) is 5.41 Å². The van der Waals surface area contributed by atoms with Crippen molar-refractivity contribution in [2.75, 3.05) is 24.9 Å².